The van der Waals surface area contributed by atoms with E-state index in [-0.39, 0.29) is 0 Å². The van der Waals surface area contributed by atoms with E-state index in [1.54, 1.807) is 6.20 Å². The molecule has 1 aliphatic rings. The summed E-state index contributed by atoms with van der Waals surface area (Å²) in [6.07, 6.45) is 1.76. The maximum Gasteiger partial charge on any atom is 0.229 e. The smallest absolute Gasteiger partial charge is 0.229 e. The zero-order valence-corrected chi connectivity index (χ0v) is 16.3. The van der Waals surface area contributed by atoms with Gasteiger partial charge >= 0.3 is 0 Å². The molecular weight excluding hydrogens is 350 g/mol. The van der Waals surface area contributed by atoms with E-state index in [0.717, 1.165) is 49.2 Å². The molecule has 0 bridgehead atoms. The summed E-state index contributed by atoms with van der Waals surface area (Å²) in [5, 5.41) is 6.75. The van der Waals surface area contributed by atoms with E-state index < -0.39 is 0 Å². The number of ether oxygens (including phenoxy) is 1. The molecule has 1 aromatic heterocycles. The van der Waals surface area contributed by atoms with Crippen LogP contribution in [0.3, 0.4) is 0 Å². The lowest BCUT2D eigenvalue weighted by atomic mass is 10.1. The average molecular weight is 375 g/mol. The SMILES string of the molecule is Cc1cc(C)cc(Nc2ccnc(Nc3ccccc3N3CCOCC3)n2)c1. The maximum absolute atomic E-state index is 5.47. The molecule has 0 aliphatic carbocycles. The first kappa shape index (κ1) is 18.3. The molecule has 2 heterocycles. The largest absolute Gasteiger partial charge is 0.378 e. The lowest BCUT2D eigenvalue weighted by molar-refractivity contribution is 0.123. The van der Waals surface area contributed by atoms with Gasteiger partial charge in [-0.15, -0.1) is 0 Å². The maximum atomic E-state index is 5.47. The van der Waals surface area contributed by atoms with Crippen molar-refractivity contribution in [2.75, 3.05) is 41.8 Å². The highest BCUT2D eigenvalue weighted by atomic mass is 16.5. The molecule has 0 unspecified atom stereocenters. The number of nitrogens with zero attached hydrogens (tertiary/aromatic N) is 3. The molecule has 2 N–H and O–H groups in total. The van der Waals surface area contributed by atoms with Crippen molar-refractivity contribution in [3.05, 3.63) is 65.9 Å². The van der Waals surface area contributed by atoms with Crippen molar-refractivity contribution in [2.24, 2.45) is 0 Å². The van der Waals surface area contributed by atoms with Crippen LogP contribution in [0.4, 0.5) is 28.8 Å². The van der Waals surface area contributed by atoms with Crippen molar-refractivity contribution in [1.29, 1.82) is 0 Å². The Morgan fingerprint density at radius 3 is 2.46 bits per heavy atom. The standard InChI is InChI=1S/C22H25N5O/c1-16-13-17(2)15-18(14-16)24-21-7-8-23-22(26-21)25-19-5-3-4-6-20(19)27-9-11-28-12-10-27/h3-8,13-15H,9-12H2,1-2H3,(H2,23,24,25,26). The summed E-state index contributed by atoms with van der Waals surface area (Å²) in [4.78, 5) is 11.3. The minimum atomic E-state index is 0.565. The molecule has 2 aromatic carbocycles. The van der Waals surface area contributed by atoms with E-state index in [0.29, 0.717) is 5.95 Å². The van der Waals surface area contributed by atoms with Crippen molar-refractivity contribution in [3.8, 4) is 0 Å². The monoisotopic (exact) mass is 375 g/mol. The summed E-state index contributed by atoms with van der Waals surface area (Å²) in [6.45, 7) is 7.45. The van der Waals surface area contributed by atoms with Gasteiger partial charge in [0.2, 0.25) is 5.95 Å². The van der Waals surface area contributed by atoms with Crippen molar-refractivity contribution in [3.63, 3.8) is 0 Å². The van der Waals surface area contributed by atoms with Gasteiger partial charge in [0.25, 0.3) is 0 Å². The highest BCUT2D eigenvalue weighted by Gasteiger charge is 2.15. The van der Waals surface area contributed by atoms with Crippen molar-refractivity contribution >= 4 is 28.8 Å². The molecular formula is C22H25N5O. The molecule has 1 aliphatic heterocycles. The lowest BCUT2D eigenvalue weighted by Crippen LogP contribution is -2.36. The average Bonchev–Trinajstić information content (AvgIpc) is 2.69. The Hall–Kier alpha value is -3.12. The van der Waals surface area contributed by atoms with Crippen molar-refractivity contribution in [1.82, 2.24) is 9.97 Å². The van der Waals surface area contributed by atoms with E-state index in [2.05, 4.69) is 75.7 Å². The third-order valence-corrected chi connectivity index (χ3v) is 4.65. The van der Waals surface area contributed by atoms with Gasteiger partial charge in [-0.3, -0.25) is 0 Å². The van der Waals surface area contributed by atoms with Crippen molar-refractivity contribution < 1.29 is 4.74 Å². The molecule has 28 heavy (non-hydrogen) atoms. The van der Waals surface area contributed by atoms with Crippen LogP contribution >= 0.6 is 0 Å². The third kappa shape index (κ3) is 4.40. The molecule has 4 rings (SSSR count). The fourth-order valence-electron chi connectivity index (χ4n) is 3.46. The van der Waals surface area contributed by atoms with Crippen LogP contribution in [0.25, 0.3) is 0 Å². The van der Waals surface area contributed by atoms with Gasteiger partial charge in [0.1, 0.15) is 5.82 Å². The molecule has 6 heteroatoms. The Morgan fingerprint density at radius 1 is 0.929 bits per heavy atom. The minimum absolute atomic E-state index is 0.565. The van der Waals surface area contributed by atoms with Crippen LogP contribution in [0.15, 0.2) is 54.7 Å². The quantitative estimate of drug-likeness (QED) is 0.688. The second-order valence-corrected chi connectivity index (χ2v) is 7.01. The van der Waals surface area contributed by atoms with Gasteiger partial charge in [0, 0.05) is 25.0 Å². The molecule has 3 aromatic rings. The first-order valence-electron chi connectivity index (χ1n) is 9.54. The van der Waals surface area contributed by atoms with Gasteiger partial charge in [-0.25, -0.2) is 4.98 Å². The van der Waals surface area contributed by atoms with E-state index in [1.165, 1.54) is 11.1 Å². The lowest BCUT2D eigenvalue weighted by Gasteiger charge is -2.30. The number of aromatic nitrogens is 2. The van der Waals surface area contributed by atoms with Crippen LogP contribution in [-0.2, 0) is 4.74 Å². The third-order valence-electron chi connectivity index (χ3n) is 4.65. The predicted molar refractivity (Wildman–Crippen MR) is 114 cm³/mol. The summed E-state index contributed by atoms with van der Waals surface area (Å²) >= 11 is 0. The van der Waals surface area contributed by atoms with Crippen LogP contribution in [0.2, 0.25) is 0 Å². The number of aryl methyl sites for hydroxylation is 2. The second kappa shape index (κ2) is 8.27. The predicted octanol–water partition coefficient (Wildman–Crippen LogP) is 4.42. The number of benzene rings is 2. The van der Waals surface area contributed by atoms with E-state index in [9.17, 15) is 0 Å². The van der Waals surface area contributed by atoms with E-state index >= 15 is 0 Å². The molecule has 6 nitrogen and oxygen atoms in total. The van der Waals surface area contributed by atoms with Crippen LogP contribution < -0.4 is 15.5 Å². The molecule has 0 atom stereocenters. The minimum Gasteiger partial charge on any atom is -0.378 e. The van der Waals surface area contributed by atoms with Gasteiger partial charge in [-0.2, -0.15) is 4.98 Å². The van der Waals surface area contributed by atoms with E-state index in [1.807, 2.05) is 12.1 Å². The number of morpholine rings is 1. The van der Waals surface area contributed by atoms with Crippen LogP contribution in [0.1, 0.15) is 11.1 Å². The Balaban J connectivity index is 1.54. The number of hydrogen-bond acceptors (Lipinski definition) is 6. The van der Waals surface area contributed by atoms with Crippen LogP contribution in [0.5, 0.6) is 0 Å². The number of nitrogens with one attached hydrogen (secondary N) is 2. The Morgan fingerprint density at radius 2 is 1.68 bits per heavy atom. The molecule has 1 fully saturated rings. The molecule has 0 radical (unpaired) electrons. The highest BCUT2D eigenvalue weighted by Crippen LogP contribution is 2.28. The molecule has 0 amide bonds. The normalized spacial score (nSPS) is 14.0. The topological polar surface area (TPSA) is 62.3 Å². The Bertz CT molecular complexity index is 933. The first-order chi connectivity index (χ1) is 13.7. The summed E-state index contributed by atoms with van der Waals surface area (Å²) < 4.78 is 5.47. The van der Waals surface area contributed by atoms with Gasteiger partial charge in [-0.1, -0.05) is 18.2 Å². The summed E-state index contributed by atoms with van der Waals surface area (Å²) in [5.74, 6) is 1.32. The van der Waals surface area contributed by atoms with Gasteiger partial charge in [0.15, 0.2) is 0 Å². The summed E-state index contributed by atoms with van der Waals surface area (Å²) in [7, 11) is 0. The van der Waals surface area contributed by atoms with E-state index in [4.69, 9.17) is 4.74 Å². The summed E-state index contributed by atoms with van der Waals surface area (Å²) in [5.41, 5.74) is 5.59. The number of rotatable bonds is 5. The Kier molecular flexibility index (Phi) is 5.39. The molecule has 144 valence electrons. The second-order valence-electron chi connectivity index (χ2n) is 7.01. The fourth-order valence-corrected chi connectivity index (χ4v) is 3.46. The zero-order valence-electron chi connectivity index (χ0n) is 16.3. The van der Waals surface area contributed by atoms with Gasteiger partial charge in [-0.05, 0) is 55.3 Å². The molecule has 0 saturated carbocycles. The zero-order chi connectivity index (χ0) is 19.3. The first-order valence-corrected chi connectivity index (χ1v) is 9.54. The molecule has 0 spiro atoms. The van der Waals surface area contributed by atoms with Crippen molar-refractivity contribution in [2.45, 2.75) is 13.8 Å². The number of para-hydroxylation sites is 2. The van der Waals surface area contributed by atoms with Crippen LogP contribution in [0, 0.1) is 13.8 Å². The number of anilines is 5. The molecule has 1 saturated heterocycles. The van der Waals surface area contributed by atoms with Crippen LogP contribution in [-0.4, -0.2) is 36.3 Å². The fraction of sp³-hybridized carbons (Fsp3) is 0.273. The van der Waals surface area contributed by atoms with Gasteiger partial charge in [0.05, 0.1) is 24.6 Å². The highest BCUT2D eigenvalue weighted by molar-refractivity contribution is 5.74. The van der Waals surface area contributed by atoms with Gasteiger partial charge < -0.3 is 20.3 Å². The Labute approximate surface area is 165 Å². The summed E-state index contributed by atoms with van der Waals surface area (Å²) in [6, 6.07) is 16.5. The number of hydrogen-bond donors (Lipinski definition) is 2.